The number of carbonyl (C=O) groups is 4. The number of benzene rings is 1. The minimum atomic E-state index is -0.377. The van der Waals surface area contributed by atoms with Gasteiger partial charge >= 0.3 is 0 Å². The van der Waals surface area contributed by atoms with Crippen molar-refractivity contribution in [3.8, 4) is 0 Å². The van der Waals surface area contributed by atoms with Crippen LogP contribution in [0.1, 0.15) is 91.1 Å². The first-order valence-electron chi connectivity index (χ1n) is 10.4. The zero-order chi connectivity index (χ0) is 21.0. The minimum absolute atomic E-state index is 0.0210. The van der Waals surface area contributed by atoms with Crippen molar-refractivity contribution >= 4 is 23.1 Å². The molecule has 0 amide bonds. The normalized spacial score (nSPS) is 18.5. The monoisotopic (exact) mass is 384 g/mol. The standard InChI is InChI=1S/C24H32O4/c1-6-8-17(19(7-2)21(26)11-15(4)25)12-18-13-22(27)23-16(5)14(3)9-10-20(23)24(18)28/h9-10,17-19H,6-8,11-13H2,1-5H3. The van der Waals surface area contributed by atoms with E-state index in [0.29, 0.717) is 24.0 Å². The summed E-state index contributed by atoms with van der Waals surface area (Å²) in [6.07, 6.45) is 3.08. The molecule has 3 atom stereocenters. The summed E-state index contributed by atoms with van der Waals surface area (Å²) in [7, 11) is 0. The molecule has 1 aromatic carbocycles. The molecule has 28 heavy (non-hydrogen) atoms. The van der Waals surface area contributed by atoms with Crippen LogP contribution in [0.25, 0.3) is 0 Å². The van der Waals surface area contributed by atoms with Gasteiger partial charge in [0.25, 0.3) is 0 Å². The molecule has 0 heterocycles. The van der Waals surface area contributed by atoms with E-state index >= 15 is 0 Å². The smallest absolute Gasteiger partial charge is 0.167 e. The van der Waals surface area contributed by atoms with E-state index in [2.05, 4.69) is 6.92 Å². The lowest BCUT2D eigenvalue weighted by atomic mass is 9.71. The number of rotatable bonds is 9. The highest BCUT2D eigenvalue weighted by Gasteiger charge is 2.37. The molecule has 1 aromatic rings. The zero-order valence-electron chi connectivity index (χ0n) is 17.8. The van der Waals surface area contributed by atoms with Gasteiger partial charge in [0, 0.05) is 29.4 Å². The van der Waals surface area contributed by atoms with Gasteiger partial charge in [-0.25, -0.2) is 0 Å². The van der Waals surface area contributed by atoms with E-state index in [1.807, 2.05) is 26.8 Å². The predicted molar refractivity (Wildman–Crippen MR) is 110 cm³/mol. The maximum absolute atomic E-state index is 13.1. The van der Waals surface area contributed by atoms with E-state index in [9.17, 15) is 19.2 Å². The van der Waals surface area contributed by atoms with Crippen molar-refractivity contribution in [1.29, 1.82) is 0 Å². The van der Waals surface area contributed by atoms with Gasteiger partial charge in [-0.1, -0.05) is 32.4 Å². The number of Topliss-reactive ketones (excluding diaryl/α,β-unsaturated/α-hetero) is 4. The first-order chi connectivity index (χ1) is 13.2. The van der Waals surface area contributed by atoms with E-state index in [-0.39, 0.29) is 53.7 Å². The van der Waals surface area contributed by atoms with Crippen LogP contribution in [0.4, 0.5) is 0 Å². The summed E-state index contributed by atoms with van der Waals surface area (Å²) < 4.78 is 0. The molecule has 0 bridgehead atoms. The van der Waals surface area contributed by atoms with Crippen molar-refractivity contribution in [2.24, 2.45) is 17.8 Å². The topological polar surface area (TPSA) is 68.3 Å². The van der Waals surface area contributed by atoms with E-state index in [1.165, 1.54) is 6.92 Å². The highest BCUT2D eigenvalue weighted by Crippen LogP contribution is 2.36. The Bertz CT molecular complexity index is 790. The molecule has 2 rings (SSSR count). The maximum Gasteiger partial charge on any atom is 0.167 e. The Morgan fingerprint density at radius 2 is 1.82 bits per heavy atom. The highest BCUT2D eigenvalue weighted by molar-refractivity contribution is 6.15. The number of ketones is 4. The maximum atomic E-state index is 13.1. The van der Waals surface area contributed by atoms with E-state index in [1.54, 1.807) is 6.07 Å². The molecule has 152 valence electrons. The molecule has 4 heteroatoms. The van der Waals surface area contributed by atoms with Crippen LogP contribution >= 0.6 is 0 Å². The summed E-state index contributed by atoms with van der Waals surface area (Å²) in [5.41, 5.74) is 3.02. The first-order valence-corrected chi connectivity index (χ1v) is 10.4. The molecule has 0 aliphatic heterocycles. The summed E-state index contributed by atoms with van der Waals surface area (Å²) in [6, 6.07) is 3.67. The van der Waals surface area contributed by atoms with Crippen LogP contribution < -0.4 is 0 Å². The van der Waals surface area contributed by atoms with Gasteiger partial charge in [-0.05, 0) is 57.1 Å². The molecular weight excluding hydrogens is 352 g/mol. The van der Waals surface area contributed by atoms with Crippen LogP contribution in [0.3, 0.4) is 0 Å². The zero-order valence-corrected chi connectivity index (χ0v) is 17.8. The third-order valence-electron chi connectivity index (χ3n) is 6.18. The molecule has 0 fully saturated rings. The molecule has 0 spiro atoms. The fourth-order valence-corrected chi connectivity index (χ4v) is 4.63. The Labute approximate surface area is 168 Å². The molecule has 0 radical (unpaired) electrons. The summed E-state index contributed by atoms with van der Waals surface area (Å²) in [5, 5.41) is 0. The fraction of sp³-hybridized carbons (Fsp3) is 0.583. The average Bonchev–Trinajstić information content (AvgIpc) is 2.61. The Hall–Kier alpha value is -2.10. The van der Waals surface area contributed by atoms with Crippen LogP contribution in [0, 0.1) is 31.6 Å². The van der Waals surface area contributed by atoms with Crippen LogP contribution in [0.2, 0.25) is 0 Å². The number of carbonyl (C=O) groups excluding carboxylic acids is 4. The van der Waals surface area contributed by atoms with Gasteiger partial charge in [0.2, 0.25) is 0 Å². The quantitative estimate of drug-likeness (QED) is 0.557. The summed E-state index contributed by atoms with van der Waals surface area (Å²) >= 11 is 0. The van der Waals surface area contributed by atoms with Gasteiger partial charge in [0.1, 0.15) is 11.6 Å². The van der Waals surface area contributed by atoms with E-state index in [4.69, 9.17) is 0 Å². The van der Waals surface area contributed by atoms with Gasteiger partial charge in [0.05, 0.1) is 6.42 Å². The third kappa shape index (κ3) is 4.65. The molecule has 0 N–H and O–H groups in total. The van der Waals surface area contributed by atoms with Crippen molar-refractivity contribution in [3.63, 3.8) is 0 Å². The Balaban J connectivity index is 2.29. The molecule has 0 aromatic heterocycles. The largest absolute Gasteiger partial charge is 0.300 e. The third-order valence-corrected chi connectivity index (χ3v) is 6.18. The molecule has 1 aliphatic carbocycles. The molecule has 4 nitrogen and oxygen atoms in total. The molecule has 0 saturated carbocycles. The number of hydrogen-bond acceptors (Lipinski definition) is 4. The summed E-state index contributed by atoms with van der Waals surface area (Å²) in [5.74, 6) is -0.688. The fourth-order valence-electron chi connectivity index (χ4n) is 4.63. The lowest BCUT2D eigenvalue weighted by molar-refractivity contribution is -0.129. The second-order valence-electron chi connectivity index (χ2n) is 8.26. The molecular formula is C24H32O4. The van der Waals surface area contributed by atoms with Gasteiger partial charge in [-0.15, -0.1) is 0 Å². The van der Waals surface area contributed by atoms with Crippen LogP contribution in [-0.4, -0.2) is 23.1 Å². The lowest BCUT2D eigenvalue weighted by Gasteiger charge is -2.31. The van der Waals surface area contributed by atoms with Crippen molar-refractivity contribution in [2.45, 2.75) is 73.1 Å². The van der Waals surface area contributed by atoms with Gasteiger partial charge in [0.15, 0.2) is 11.6 Å². The minimum Gasteiger partial charge on any atom is -0.300 e. The van der Waals surface area contributed by atoms with E-state index in [0.717, 1.165) is 24.0 Å². The Kier molecular flexibility index (Phi) is 7.45. The SMILES string of the molecule is CCCC(CC1CC(=O)c2c(ccc(C)c2C)C1=O)C(CC)C(=O)CC(C)=O. The molecule has 3 unspecified atom stereocenters. The van der Waals surface area contributed by atoms with Crippen molar-refractivity contribution in [1.82, 2.24) is 0 Å². The average molecular weight is 385 g/mol. The van der Waals surface area contributed by atoms with Crippen molar-refractivity contribution in [3.05, 3.63) is 34.4 Å². The van der Waals surface area contributed by atoms with Gasteiger partial charge in [-0.3, -0.25) is 19.2 Å². The molecule has 0 saturated heterocycles. The second-order valence-corrected chi connectivity index (χ2v) is 8.26. The number of fused-ring (bicyclic) bond motifs is 1. The predicted octanol–water partition coefficient (Wildman–Crippen LogP) is 5.07. The number of aryl methyl sites for hydroxylation is 1. The van der Waals surface area contributed by atoms with Crippen LogP contribution in [0.5, 0.6) is 0 Å². The Morgan fingerprint density at radius 3 is 2.39 bits per heavy atom. The lowest BCUT2D eigenvalue weighted by Crippen LogP contribution is -2.33. The van der Waals surface area contributed by atoms with Gasteiger partial charge < -0.3 is 0 Å². The summed E-state index contributed by atoms with van der Waals surface area (Å²) in [4.78, 5) is 50.0. The first kappa shape index (κ1) is 22.2. The molecule has 1 aliphatic rings. The van der Waals surface area contributed by atoms with Crippen molar-refractivity contribution < 1.29 is 19.2 Å². The van der Waals surface area contributed by atoms with Crippen molar-refractivity contribution in [2.75, 3.05) is 0 Å². The van der Waals surface area contributed by atoms with Crippen LogP contribution in [-0.2, 0) is 9.59 Å². The summed E-state index contributed by atoms with van der Waals surface area (Å²) in [6.45, 7) is 9.30. The highest BCUT2D eigenvalue weighted by atomic mass is 16.2. The van der Waals surface area contributed by atoms with Gasteiger partial charge in [-0.2, -0.15) is 0 Å². The van der Waals surface area contributed by atoms with E-state index < -0.39 is 0 Å². The number of hydrogen-bond donors (Lipinski definition) is 0. The van der Waals surface area contributed by atoms with Crippen LogP contribution in [0.15, 0.2) is 12.1 Å². The second kappa shape index (κ2) is 9.40. The Morgan fingerprint density at radius 1 is 1.14 bits per heavy atom.